The second-order valence-electron chi connectivity index (χ2n) is 11.4. The van der Waals surface area contributed by atoms with Crippen LogP contribution in [0.2, 0.25) is 18.1 Å². The monoisotopic (exact) mass is 404 g/mol. The highest BCUT2D eigenvalue weighted by Crippen LogP contribution is 2.66. The summed E-state index contributed by atoms with van der Waals surface area (Å²) >= 11 is 0. The summed E-state index contributed by atoms with van der Waals surface area (Å²) in [4.78, 5) is 12.1. The summed E-state index contributed by atoms with van der Waals surface area (Å²) in [6.45, 7) is 12.3. The number of rotatable bonds is 5. The van der Waals surface area contributed by atoms with Gasteiger partial charge in [-0.15, -0.1) is 0 Å². The van der Waals surface area contributed by atoms with Crippen molar-refractivity contribution in [2.75, 3.05) is 0 Å². The molecule has 0 radical (unpaired) electrons. The summed E-state index contributed by atoms with van der Waals surface area (Å²) in [5.41, 5.74) is 0.846. The van der Waals surface area contributed by atoms with Gasteiger partial charge in [-0.3, -0.25) is 4.79 Å². The highest BCUT2D eigenvalue weighted by Gasteiger charge is 2.61. The highest BCUT2D eigenvalue weighted by molar-refractivity contribution is 6.73. The molecule has 0 aromatic carbocycles. The largest absolute Gasteiger partial charge is 0.413 e. The van der Waals surface area contributed by atoms with Gasteiger partial charge >= 0.3 is 0 Å². The van der Waals surface area contributed by atoms with Crippen molar-refractivity contribution in [3.63, 3.8) is 0 Å². The number of hydrogen-bond donors (Lipinski definition) is 0. The van der Waals surface area contributed by atoms with Crippen molar-refractivity contribution in [1.29, 1.82) is 0 Å². The standard InChI is InChI=1S/C25H44O2Si/c1-6-28(7-2,8-3)27-23-12-11-21-20-10-9-18-17-19(26)13-15-24(18,4)22(20)14-16-25(21,23)5/h18,20-23H,6-17H2,1-5H3/t18-,20-,21-,22-,23-,24-,25-/m0/s1. The molecule has 4 saturated carbocycles. The van der Waals surface area contributed by atoms with Crippen molar-refractivity contribution < 1.29 is 9.22 Å². The van der Waals surface area contributed by atoms with Gasteiger partial charge in [0.25, 0.3) is 0 Å². The molecule has 4 fully saturated rings. The van der Waals surface area contributed by atoms with Crippen molar-refractivity contribution >= 4 is 14.1 Å². The normalized spacial score (nSPS) is 46.0. The Morgan fingerprint density at radius 1 is 0.893 bits per heavy atom. The molecule has 0 unspecified atom stereocenters. The van der Waals surface area contributed by atoms with Crippen LogP contribution in [0.3, 0.4) is 0 Å². The molecular formula is C25H44O2Si. The molecule has 3 heteroatoms. The molecule has 0 aromatic heterocycles. The maximum Gasteiger partial charge on any atom is 0.192 e. The van der Waals surface area contributed by atoms with Crippen LogP contribution in [0.5, 0.6) is 0 Å². The molecule has 2 nitrogen and oxygen atoms in total. The summed E-state index contributed by atoms with van der Waals surface area (Å²) in [6, 6.07) is 3.82. The lowest BCUT2D eigenvalue weighted by atomic mass is 9.45. The fraction of sp³-hybridized carbons (Fsp3) is 0.960. The zero-order chi connectivity index (χ0) is 20.2. The van der Waals surface area contributed by atoms with E-state index in [1.807, 2.05) is 0 Å². The zero-order valence-electron chi connectivity index (χ0n) is 19.2. The third-order valence-electron chi connectivity index (χ3n) is 10.7. The van der Waals surface area contributed by atoms with E-state index < -0.39 is 8.32 Å². The summed E-state index contributed by atoms with van der Waals surface area (Å²) in [6.07, 6.45) is 11.5. The third kappa shape index (κ3) is 3.09. The second kappa shape index (κ2) is 7.52. The topological polar surface area (TPSA) is 26.3 Å². The molecule has 0 N–H and O–H groups in total. The van der Waals surface area contributed by atoms with Crippen LogP contribution >= 0.6 is 0 Å². The van der Waals surface area contributed by atoms with E-state index in [0.29, 0.717) is 28.6 Å². The molecule has 4 rings (SSSR count). The van der Waals surface area contributed by atoms with Crippen LogP contribution in [-0.4, -0.2) is 20.2 Å². The lowest BCUT2D eigenvalue weighted by Crippen LogP contribution is -2.55. The second-order valence-corrected chi connectivity index (χ2v) is 16.1. The van der Waals surface area contributed by atoms with Crippen LogP contribution in [-0.2, 0) is 9.22 Å². The predicted octanol–water partition coefficient (Wildman–Crippen LogP) is 6.99. The molecule has 0 amide bonds. The molecule has 28 heavy (non-hydrogen) atoms. The quantitative estimate of drug-likeness (QED) is 0.462. The Labute approximate surface area is 174 Å². The van der Waals surface area contributed by atoms with Crippen molar-refractivity contribution in [2.45, 2.75) is 117 Å². The fourth-order valence-electron chi connectivity index (χ4n) is 8.49. The van der Waals surface area contributed by atoms with Gasteiger partial charge in [0.05, 0.1) is 6.10 Å². The molecule has 0 spiro atoms. The summed E-state index contributed by atoms with van der Waals surface area (Å²) < 4.78 is 7.14. The van der Waals surface area contributed by atoms with Gasteiger partial charge in [-0.05, 0) is 97.6 Å². The molecule has 0 aromatic rings. The Hall–Kier alpha value is -0.153. The minimum Gasteiger partial charge on any atom is -0.413 e. The minimum atomic E-state index is -1.54. The van der Waals surface area contributed by atoms with E-state index in [1.54, 1.807) is 0 Å². The smallest absolute Gasteiger partial charge is 0.192 e. The first-order valence-electron chi connectivity index (χ1n) is 12.5. The highest BCUT2D eigenvalue weighted by atomic mass is 28.4. The first-order chi connectivity index (χ1) is 13.3. The Morgan fingerprint density at radius 3 is 2.25 bits per heavy atom. The number of fused-ring (bicyclic) bond motifs is 5. The Morgan fingerprint density at radius 2 is 1.57 bits per heavy atom. The summed E-state index contributed by atoms with van der Waals surface area (Å²) in [5.74, 6) is 3.83. The van der Waals surface area contributed by atoms with Gasteiger partial charge in [0, 0.05) is 12.8 Å². The van der Waals surface area contributed by atoms with Crippen LogP contribution in [0.4, 0.5) is 0 Å². The molecule has 4 aliphatic rings. The lowest BCUT2D eigenvalue weighted by Gasteiger charge is -2.60. The van der Waals surface area contributed by atoms with E-state index in [1.165, 1.54) is 63.1 Å². The number of Topliss-reactive ketones (excluding diaryl/α,β-unsaturated/α-hetero) is 1. The average molecular weight is 405 g/mol. The van der Waals surface area contributed by atoms with Gasteiger partial charge in [-0.1, -0.05) is 34.6 Å². The molecule has 7 atom stereocenters. The van der Waals surface area contributed by atoms with Gasteiger partial charge < -0.3 is 4.43 Å². The van der Waals surface area contributed by atoms with Crippen LogP contribution < -0.4 is 0 Å². The Bertz CT molecular complexity index is 591. The number of carbonyl (C=O) groups is 1. The van der Waals surface area contributed by atoms with E-state index in [9.17, 15) is 4.79 Å². The molecule has 0 heterocycles. The van der Waals surface area contributed by atoms with Crippen LogP contribution in [0.1, 0.15) is 92.4 Å². The van der Waals surface area contributed by atoms with Crippen molar-refractivity contribution in [2.24, 2.45) is 34.5 Å². The van der Waals surface area contributed by atoms with E-state index in [-0.39, 0.29) is 0 Å². The predicted molar refractivity (Wildman–Crippen MR) is 119 cm³/mol. The van der Waals surface area contributed by atoms with E-state index in [0.717, 1.165) is 30.6 Å². The first kappa shape index (κ1) is 21.1. The van der Waals surface area contributed by atoms with Crippen LogP contribution in [0, 0.1) is 34.5 Å². The number of ketones is 1. The molecule has 0 bridgehead atoms. The van der Waals surface area contributed by atoms with Crippen LogP contribution in [0.15, 0.2) is 0 Å². The maximum atomic E-state index is 12.1. The van der Waals surface area contributed by atoms with E-state index >= 15 is 0 Å². The van der Waals surface area contributed by atoms with Crippen molar-refractivity contribution in [1.82, 2.24) is 0 Å². The van der Waals surface area contributed by atoms with Gasteiger partial charge in [-0.2, -0.15) is 0 Å². The minimum absolute atomic E-state index is 0.409. The van der Waals surface area contributed by atoms with Crippen LogP contribution in [0.25, 0.3) is 0 Å². The number of hydrogen-bond acceptors (Lipinski definition) is 2. The SMILES string of the molecule is CC[Si](CC)(CC)O[C@H]1CC[C@H]2[C@@H]3CC[C@H]4CC(=O)CC[C@]4(C)[C@H]3CC[C@]12C. The molecule has 160 valence electrons. The van der Waals surface area contributed by atoms with Crippen molar-refractivity contribution in [3.05, 3.63) is 0 Å². The summed E-state index contributed by atoms with van der Waals surface area (Å²) in [7, 11) is -1.54. The van der Waals surface area contributed by atoms with Gasteiger partial charge in [0.1, 0.15) is 5.78 Å². The zero-order valence-corrected chi connectivity index (χ0v) is 20.2. The molecule has 0 saturated heterocycles. The van der Waals surface area contributed by atoms with Gasteiger partial charge in [0.2, 0.25) is 0 Å². The first-order valence-corrected chi connectivity index (χ1v) is 15.0. The summed E-state index contributed by atoms with van der Waals surface area (Å²) in [5, 5.41) is 0. The third-order valence-corrected chi connectivity index (χ3v) is 15.4. The fourth-order valence-corrected chi connectivity index (χ4v) is 11.5. The van der Waals surface area contributed by atoms with E-state index in [4.69, 9.17) is 4.43 Å². The average Bonchev–Trinajstić information content (AvgIpc) is 3.03. The Balaban J connectivity index is 1.54. The number of carbonyl (C=O) groups excluding carboxylic acids is 1. The van der Waals surface area contributed by atoms with E-state index in [2.05, 4.69) is 34.6 Å². The van der Waals surface area contributed by atoms with Crippen molar-refractivity contribution in [3.8, 4) is 0 Å². The maximum absolute atomic E-state index is 12.1. The van der Waals surface area contributed by atoms with Gasteiger partial charge in [-0.25, -0.2) is 0 Å². The molecule has 0 aliphatic heterocycles. The molecule has 4 aliphatic carbocycles. The molecular weight excluding hydrogens is 360 g/mol. The lowest BCUT2D eigenvalue weighted by molar-refractivity contribution is -0.141. The van der Waals surface area contributed by atoms with Gasteiger partial charge in [0.15, 0.2) is 8.32 Å². The Kier molecular flexibility index (Phi) is 5.66.